The van der Waals surface area contributed by atoms with Crippen molar-refractivity contribution in [2.45, 2.75) is 52.2 Å². The van der Waals surface area contributed by atoms with E-state index in [1.165, 1.54) is 15.5 Å². The van der Waals surface area contributed by atoms with Gasteiger partial charge in [-0.15, -0.1) is 0 Å². The van der Waals surface area contributed by atoms with Gasteiger partial charge in [0.2, 0.25) is 0 Å². The van der Waals surface area contributed by atoms with E-state index in [1.54, 1.807) is 0 Å². The molecule has 2 radical (unpaired) electrons. The Balaban J connectivity index is 2.43. The molecule has 1 aromatic carbocycles. The van der Waals surface area contributed by atoms with Crippen molar-refractivity contribution in [3.63, 3.8) is 0 Å². The minimum absolute atomic E-state index is 0.189. The summed E-state index contributed by atoms with van der Waals surface area (Å²) < 4.78 is 1.92. The zero-order valence-corrected chi connectivity index (χ0v) is 16.8. The van der Waals surface area contributed by atoms with Crippen LogP contribution < -0.4 is 4.40 Å². The second-order valence-corrected chi connectivity index (χ2v) is 13.0. The predicted molar refractivity (Wildman–Crippen MR) is 97.9 cm³/mol. The van der Waals surface area contributed by atoms with Gasteiger partial charge in [-0.05, 0) is 0 Å². The third-order valence-corrected chi connectivity index (χ3v) is 6.37. The van der Waals surface area contributed by atoms with Gasteiger partial charge in [0.1, 0.15) is 0 Å². The molecule has 2 rings (SSSR count). The SMILES string of the molecule is CC(C)(C)Cc1cc(-c2ccccc2)nc[c]1[Ge][C](C)(C)C. The van der Waals surface area contributed by atoms with E-state index in [0.717, 1.165) is 12.1 Å². The summed E-state index contributed by atoms with van der Waals surface area (Å²) in [7, 11) is 0. The van der Waals surface area contributed by atoms with Gasteiger partial charge >= 0.3 is 142 Å². The molecule has 0 atom stereocenters. The summed E-state index contributed by atoms with van der Waals surface area (Å²) in [5.41, 5.74) is 4.11. The van der Waals surface area contributed by atoms with E-state index >= 15 is 0 Å². The van der Waals surface area contributed by atoms with E-state index in [9.17, 15) is 0 Å². The molecule has 1 aromatic heterocycles. The molecular formula is C20H27GeN. The summed E-state index contributed by atoms with van der Waals surface area (Å²) in [5, 5.41) is 0. The molecule has 0 unspecified atom stereocenters. The Bertz CT molecular complexity index is 618. The molecular weight excluding hydrogens is 327 g/mol. The molecule has 22 heavy (non-hydrogen) atoms. The van der Waals surface area contributed by atoms with Crippen molar-refractivity contribution < 1.29 is 0 Å². The zero-order valence-electron chi connectivity index (χ0n) is 14.7. The molecule has 1 nitrogen and oxygen atoms in total. The zero-order chi connectivity index (χ0) is 16.4. The third-order valence-electron chi connectivity index (χ3n) is 3.29. The first-order valence-corrected chi connectivity index (χ1v) is 10.1. The summed E-state index contributed by atoms with van der Waals surface area (Å²) in [6, 6.07) is 12.8. The maximum atomic E-state index is 4.76. The van der Waals surface area contributed by atoms with Crippen LogP contribution in [0, 0.1) is 5.41 Å². The third kappa shape index (κ3) is 5.28. The number of hydrogen-bond donors (Lipinski definition) is 0. The van der Waals surface area contributed by atoms with Crippen molar-refractivity contribution in [3.8, 4) is 11.3 Å². The van der Waals surface area contributed by atoms with Crippen LogP contribution in [-0.2, 0) is 6.42 Å². The van der Waals surface area contributed by atoms with E-state index in [-0.39, 0.29) is 15.4 Å². The Morgan fingerprint density at radius 2 is 1.59 bits per heavy atom. The summed E-state index contributed by atoms with van der Waals surface area (Å²) in [5.74, 6) is 0. The van der Waals surface area contributed by atoms with E-state index in [0.29, 0.717) is 9.66 Å². The van der Waals surface area contributed by atoms with Crippen LogP contribution in [0.1, 0.15) is 47.1 Å². The van der Waals surface area contributed by atoms with Crippen LogP contribution in [0.2, 0.25) is 4.25 Å². The molecule has 0 amide bonds. The minimum atomic E-state index is -0.189. The second-order valence-electron chi connectivity index (χ2n) is 8.21. The van der Waals surface area contributed by atoms with Gasteiger partial charge < -0.3 is 0 Å². The van der Waals surface area contributed by atoms with Crippen molar-refractivity contribution in [3.05, 3.63) is 48.2 Å². The van der Waals surface area contributed by atoms with Crippen molar-refractivity contribution in [1.29, 1.82) is 0 Å². The first-order chi connectivity index (χ1) is 10.1. The molecule has 2 aromatic rings. The quantitative estimate of drug-likeness (QED) is 0.716. The van der Waals surface area contributed by atoms with Gasteiger partial charge in [-0.1, -0.05) is 0 Å². The van der Waals surface area contributed by atoms with Crippen molar-refractivity contribution >= 4 is 19.8 Å². The fourth-order valence-electron chi connectivity index (χ4n) is 2.50. The first kappa shape index (κ1) is 17.3. The van der Waals surface area contributed by atoms with Crippen LogP contribution in [0.15, 0.2) is 42.6 Å². The summed E-state index contributed by atoms with van der Waals surface area (Å²) in [6.07, 6.45) is 3.26. The maximum absolute atomic E-state index is 4.76. The average molecular weight is 354 g/mol. The predicted octanol–water partition coefficient (Wildman–Crippen LogP) is 4.89. The van der Waals surface area contributed by atoms with Crippen molar-refractivity contribution in [1.82, 2.24) is 4.98 Å². The van der Waals surface area contributed by atoms with Gasteiger partial charge in [0.15, 0.2) is 0 Å². The summed E-state index contributed by atoms with van der Waals surface area (Å²) in [6.45, 7) is 14.0. The van der Waals surface area contributed by atoms with Crippen LogP contribution >= 0.6 is 0 Å². The monoisotopic (exact) mass is 355 g/mol. The molecule has 0 spiro atoms. The summed E-state index contributed by atoms with van der Waals surface area (Å²) in [4.78, 5) is 4.76. The van der Waals surface area contributed by atoms with Gasteiger partial charge in [0, 0.05) is 0 Å². The van der Waals surface area contributed by atoms with Gasteiger partial charge in [-0.2, -0.15) is 0 Å². The number of aromatic nitrogens is 1. The van der Waals surface area contributed by atoms with Crippen LogP contribution in [0.3, 0.4) is 0 Å². The Morgan fingerprint density at radius 1 is 0.955 bits per heavy atom. The molecule has 0 bridgehead atoms. The van der Waals surface area contributed by atoms with Crippen LogP contribution in [0.25, 0.3) is 11.3 Å². The second kappa shape index (κ2) is 6.58. The van der Waals surface area contributed by atoms with Crippen LogP contribution in [0.5, 0.6) is 0 Å². The molecule has 116 valence electrons. The Hall–Kier alpha value is -1.09. The van der Waals surface area contributed by atoms with Gasteiger partial charge in [0.05, 0.1) is 0 Å². The Kier molecular flexibility index (Phi) is 5.16. The van der Waals surface area contributed by atoms with Gasteiger partial charge in [-0.25, -0.2) is 0 Å². The standard InChI is InChI=1S/C20H27GeN/c1-19(2,3)13-16-12-18(15-10-8-7-9-11-15)22-14-17(16)21-20(4,5)6/h7-12,14H,13H2,1-6H3. The van der Waals surface area contributed by atoms with E-state index < -0.39 is 0 Å². The molecule has 0 saturated carbocycles. The molecule has 0 saturated heterocycles. The fraction of sp³-hybridized carbons (Fsp3) is 0.450. The normalized spacial score (nSPS) is 12.5. The molecule has 0 fully saturated rings. The molecule has 0 aliphatic heterocycles. The number of benzene rings is 1. The number of nitrogens with zero attached hydrogens (tertiary/aromatic N) is 1. The van der Waals surface area contributed by atoms with E-state index in [1.807, 2.05) is 0 Å². The first-order valence-electron chi connectivity index (χ1n) is 7.97. The van der Waals surface area contributed by atoms with Crippen molar-refractivity contribution in [2.24, 2.45) is 5.41 Å². The van der Waals surface area contributed by atoms with E-state index in [4.69, 9.17) is 4.98 Å². The Labute approximate surface area is 142 Å². The average Bonchev–Trinajstić information content (AvgIpc) is 2.38. The number of hydrogen-bond acceptors (Lipinski definition) is 1. The molecule has 1 heterocycles. The van der Waals surface area contributed by atoms with Crippen LogP contribution in [-0.4, -0.2) is 20.4 Å². The van der Waals surface area contributed by atoms with Gasteiger partial charge in [0.25, 0.3) is 0 Å². The topological polar surface area (TPSA) is 12.9 Å². The van der Waals surface area contributed by atoms with E-state index in [2.05, 4.69) is 84.1 Å². The van der Waals surface area contributed by atoms with Gasteiger partial charge in [-0.3, -0.25) is 0 Å². The molecule has 2 heteroatoms. The number of rotatable bonds is 3. The molecule has 0 aliphatic rings. The number of pyridine rings is 1. The fourth-order valence-corrected chi connectivity index (χ4v) is 5.14. The van der Waals surface area contributed by atoms with Crippen molar-refractivity contribution in [2.75, 3.05) is 0 Å². The Morgan fingerprint density at radius 3 is 2.14 bits per heavy atom. The van der Waals surface area contributed by atoms with Crippen LogP contribution in [0.4, 0.5) is 0 Å². The molecule has 0 N–H and O–H groups in total. The molecule has 0 aliphatic carbocycles. The summed E-state index contributed by atoms with van der Waals surface area (Å²) >= 11 is -0.189.